The molecule has 16 nitrogen and oxygen atoms in total. The largest absolute Gasteiger partial charge is 0.387 e. The summed E-state index contributed by atoms with van der Waals surface area (Å²) in [6.45, 7) is -1.39. The number of anilines is 1. The Bertz CT molecular complexity index is 1190. The molecule has 2 aliphatic rings. The maximum atomic E-state index is 12.3. The van der Waals surface area contributed by atoms with Crippen molar-refractivity contribution in [3.8, 4) is 0 Å². The standard InChI is InChI=1S/C20H30ClN6O10P/c1-35-9-20(38(32,33)34,6-13(28)26-31)36-8-12-14(29)15(30)18(37-12)27-17-11(7-22-27)16(24-19(21)25-17)23-10-4-2-3-5-10/h7,10,12,14-15,18,29-31H,2-6,8-9H2,1H3,(H,26,28)(H,23,24,25)(H2,32,33,34)/t12-,14-,15-,18-,20?/m1/s1. The van der Waals surface area contributed by atoms with Crippen molar-refractivity contribution in [1.82, 2.24) is 25.2 Å². The Morgan fingerprint density at radius 1 is 1.29 bits per heavy atom. The van der Waals surface area contributed by atoms with Crippen LogP contribution in [-0.2, 0) is 23.6 Å². The van der Waals surface area contributed by atoms with Crippen LogP contribution in [0.2, 0.25) is 5.28 Å². The third kappa shape index (κ3) is 5.79. The van der Waals surface area contributed by atoms with Gasteiger partial charge in [-0.25, -0.2) is 10.2 Å². The number of nitrogens with one attached hydrogen (secondary N) is 2. The van der Waals surface area contributed by atoms with Crippen LogP contribution >= 0.6 is 19.2 Å². The summed E-state index contributed by atoms with van der Waals surface area (Å²) in [6.07, 6.45) is -1.02. The van der Waals surface area contributed by atoms with Gasteiger partial charge in [-0.15, -0.1) is 0 Å². The summed E-state index contributed by atoms with van der Waals surface area (Å²) < 4.78 is 29.6. The van der Waals surface area contributed by atoms with Gasteiger partial charge in [-0.3, -0.25) is 14.6 Å². The lowest BCUT2D eigenvalue weighted by molar-refractivity contribution is -0.143. The molecule has 18 heteroatoms. The van der Waals surface area contributed by atoms with Crippen molar-refractivity contribution >= 4 is 42.0 Å². The number of hydroxylamine groups is 1. The summed E-state index contributed by atoms with van der Waals surface area (Å²) in [6, 6.07) is 0.221. The predicted octanol–water partition coefficient (Wildman–Crippen LogP) is -0.114. The third-order valence-corrected chi connectivity index (χ3v) is 8.33. The summed E-state index contributed by atoms with van der Waals surface area (Å²) in [5.74, 6) is -0.669. The molecule has 1 aliphatic heterocycles. The van der Waals surface area contributed by atoms with Crippen LogP contribution in [0.3, 0.4) is 0 Å². The van der Waals surface area contributed by atoms with Gasteiger partial charge in [0.15, 0.2) is 11.9 Å². The van der Waals surface area contributed by atoms with Gasteiger partial charge in [0.05, 0.1) is 31.2 Å². The molecule has 0 bridgehead atoms. The minimum atomic E-state index is -5.18. The lowest BCUT2D eigenvalue weighted by atomic mass is 10.1. The van der Waals surface area contributed by atoms with Gasteiger partial charge in [-0.05, 0) is 24.4 Å². The number of carbonyl (C=O) groups excluding carboxylic acids is 1. The number of methoxy groups -OCH3 is 1. The van der Waals surface area contributed by atoms with Crippen molar-refractivity contribution in [2.24, 2.45) is 0 Å². The Morgan fingerprint density at radius 2 is 2.00 bits per heavy atom. The molecule has 3 heterocycles. The van der Waals surface area contributed by atoms with Crippen LogP contribution in [-0.4, -0.2) is 101 Å². The topological polar surface area (TPSA) is 231 Å². The normalized spacial score (nSPS) is 26.1. The molecular weight excluding hydrogens is 551 g/mol. The second-order valence-electron chi connectivity index (χ2n) is 9.29. The highest BCUT2D eigenvalue weighted by atomic mass is 35.5. The van der Waals surface area contributed by atoms with Gasteiger partial charge in [0.1, 0.15) is 24.1 Å². The lowest BCUT2D eigenvalue weighted by Gasteiger charge is -2.33. The molecule has 1 aliphatic carbocycles. The Labute approximate surface area is 221 Å². The number of halogens is 1. The molecule has 0 aromatic carbocycles. The molecule has 0 radical (unpaired) electrons. The number of aliphatic hydroxyl groups is 2. The average molecular weight is 581 g/mol. The number of hydrogen-bond donors (Lipinski definition) is 7. The first-order valence-corrected chi connectivity index (χ1v) is 13.8. The van der Waals surface area contributed by atoms with Crippen molar-refractivity contribution in [1.29, 1.82) is 0 Å². The molecule has 7 N–H and O–H groups in total. The second-order valence-corrected chi connectivity index (χ2v) is 11.5. The van der Waals surface area contributed by atoms with Gasteiger partial charge < -0.3 is 39.5 Å². The number of aliphatic hydroxyl groups excluding tert-OH is 2. The van der Waals surface area contributed by atoms with Crippen LogP contribution in [0.5, 0.6) is 0 Å². The first-order valence-electron chi connectivity index (χ1n) is 11.8. The summed E-state index contributed by atoms with van der Waals surface area (Å²) in [5.41, 5.74) is 1.52. The van der Waals surface area contributed by atoms with E-state index in [4.69, 9.17) is 31.0 Å². The average Bonchev–Trinajstić information content (AvgIpc) is 3.58. The molecule has 38 heavy (non-hydrogen) atoms. The van der Waals surface area contributed by atoms with E-state index in [0.717, 1.165) is 32.8 Å². The summed E-state index contributed by atoms with van der Waals surface area (Å²) in [4.78, 5) is 40.1. The van der Waals surface area contributed by atoms with E-state index in [1.54, 1.807) is 0 Å². The lowest BCUT2D eigenvalue weighted by Crippen LogP contribution is -2.45. The third-order valence-electron chi connectivity index (χ3n) is 6.68. The summed E-state index contributed by atoms with van der Waals surface area (Å²) in [7, 11) is -4.04. The number of fused-ring (bicyclic) bond motifs is 1. The fourth-order valence-electron chi connectivity index (χ4n) is 4.70. The Morgan fingerprint density at radius 3 is 2.63 bits per heavy atom. The number of aromatic nitrogens is 4. The van der Waals surface area contributed by atoms with E-state index in [-0.39, 0.29) is 17.0 Å². The van der Waals surface area contributed by atoms with Gasteiger partial charge in [0.25, 0.3) is 0 Å². The fourth-order valence-corrected chi connectivity index (χ4v) is 5.75. The quantitative estimate of drug-likeness (QED) is 0.0795. The molecular formula is C20H30ClN6O10P. The van der Waals surface area contributed by atoms with E-state index >= 15 is 0 Å². The van der Waals surface area contributed by atoms with Crippen molar-refractivity contribution in [2.45, 2.75) is 68.0 Å². The van der Waals surface area contributed by atoms with E-state index in [1.165, 1.54) is 16.4 Å². The van der Waals surface area contributed by atoms with Gasteiger partial charge >= 0.3 is 7.60 Å². The smallest absolute Gasteiger partial charge is 0.360 e. The molecule has 212 valence electrons. The molecule has 1 saturated heterocycles. The number of hydrogen-bond acceptors (Lipinski definition) is 12. The van der Waals surface area contributed by atoms with Crippen molar-refractivity contribution in [2.75, 3.05) is 25.6 Å². The summed E-state index contributed by atoms with van der Waals surface area (Å²) >= 11 is 6.15. The Balaban J connectivity index is 1.56. The molecule has 2 fully saturated rings. The van der Waals surface area contributed by atoms with Gasteiger partial charge in [0.2, 0.25) is 16.5 Å². The minimum Gasteiger partial charge on any atom is -0.387 e. The van der Waals surface area contributed by atoms with Crippen molar-refractivity contribution in [3.63, 3.8) is 0 Å². The number of nitrogens with zero attached hydrogens (tertiary/aromatic N) is 4. The van der Waals surface area contributed by atoms with Gasteiger partial charge in [-0.2, -0.15) is 15.1 Å². The van der Waals surface area contributed by atoms with Crippen LogP contribution in [0.4, 0.5) is 5.82 Å². The predicted molar refractivity (Wildman–Crippen MR) is 129 cm³/mol. The molecule has 1 unspecified atom stereocenters. The van der Waals surface area contributed by atoms with Crippen LogP contribution in [0, 0.1) is 0 Å². The zero-order valence-electron chi connectivity index (χ0n) is 20.3. The number of amides is 1. The zero-order chi connectivity index (χ0) is 27.7. The van der Waals surface area contributed by atoms with Crippen molar-refractivity contribution in [3.05, 3.63) is 11.5 Å². The van der Waals surface area contributed by atoms with Crippen LogP contribution < -0.4 is 10.8 Å². The molecule has 1 saturated carbocycles. The maximum Gasteiger partial charge on any atom is 0.360 e. The fraction of sp³-hybridized carbons (Fsp3) is 0.700. The zero-order valence-corrected chi connectivity index (χ0v) is 22.0. The van der Waals surface area contributed by atoms with Crippen LogP contribution in [0.25, 0.3) is 11.0 Å². The molecule has 5 atom stereocenters. The second kappa shape index (κ2) is 11.6. The molecule has 2 aromatic heterocycles. The summed E-state index contributed by atoms with van der Waals surface area (Å²) in [5, 5.41) is 35.8. The minimum absolute atomic E-state index is 0.0687. The van der Waals surface area contributed by atoms with Crippen LogP contribution in [0.15, 0.2) is 6.20 Å². The molecule has 2 aromatic rings. The van der Waals surface area contributed by atoms with E-state index in [0.29, 0.717) is 11.2 Å². The van der Waals surface area contributed by atoms with Crippen molar-refractivity contribution < 1.29 is 48.8 Å². The monoisotopic (exact) mass is 580 g/mol. The van der Waals surface area contributed by atoms with E-state index in [9.17, 15) is 29.4 Å². The van der Waals surface area contributed by atoms with Crippen LogP contribution in [0.1, 0.15) is 38.3 Å². The van der Waals surface area contributed by atoms with Gasteiger partial charge in [-0.1, -0.05) is 12.8 Å². The number of ether oxygens (including phenoxy) is 3. The number of rotatable bonds is 11. The molecule has 0 spiro atoms. The highest BCUT2D eigenvalue weighted by molar-refractivity contribution is 7.53. The number of carbonyl (C=O) groups is 1. The molecule has 1 amide bonds. The Kier molecular flexibility index (Phi) is 8.88. The van der Waals surface area contributed by atoms with E-state index in [2.05, 4.69) is 20.4 Å². The van der Waals surface area contributed by atoms with E-state index in [1.807, 2.05) is 0 Å². The SMILES string of the molecule is COCC(CC(=O)NO)(OC[C@H]1O[C@@H](n2ncc3c(NC4CCCC4)nc(Cl)nc32)[C@H](O)[C@@H]1O)P(=O)(O)O. The highest BCUT2D eigenvalue weighted by Gasteiger charge is 2.52. The Hall–Kier alpha value is -1.98. The first kappa shape index (κ1) is 29.0. The first-order chi connectivity index (χ1) is 18.0. The van der Waals surface area contributed by atoms with E-state index < -0.39 is 63.0 Å². The molecule has 4 rings (SSSR count). The maximum absolute atomic E-state index is 12.3. The highest BCUT2D eigenvalue weighted by Crippen LogP contribution is 2.54. The van der Waals surface area contributed by atoms with Gasteiger partial charge in [0, 0.05) is 13.2 Å².